The fourth-order valence-corrected chi connectivity index (χ4v) is 5.86. The molecule has 3 aromatic rings. The van der Waals surface area contributed by atoms with Crippen LogP contribution in [0.2, 0.25) is 0 Å². The second-order valence-corrected chi connectivity index (χ2v) is 9.77. The number of para-hydroxylation sites is 1. The number of benzene rings is 3. The van der Waals surface area contributed by atoms with Crippen molar-refractivity contribution in [3.63, 3.8) is 0 Å². The number of carboxylic acid groups (broad SMARTS) is 1. The van der Waals surface area contributed by atoms with E-state index in [0.717, 1.165) is 22.4 Å². The Kier molecular flexibility index (Phi) is 7.39. The highest BCUT2D eigenvalue weighted by Crippen LogP contribution is 2.36. The summed E-state index contributed by atoms with van der Waals surface area (Å²) in [5, 5.41) is 9.69. The number of rotatable bonds is 6. The van der Waals surface area contributed by atoms with E-state index in [-0.39, 0.29) is 29.6 Å². The number of nitrogens with zero attached hydrogens (tertiary/aromatic N) is 3. The van der Waals surface area contributed by atoms with Gasteiger partial charge in [-0.05, 0) is 41.5 Å². The number of amides is 1. The van der Waals surface area contributed by atoms with Crippen LogP contribution in [0.15, 0.2) is 72.8 Å². The third-order valence-electron chi connectivity index (χ3n) is 7.57. The van der Waals surface area contributed by atoms with Gasteiger partial charge in [-0.3, -0.25) is 9.80 Å². The number of carbonyl (C=O) groups is 1. The number of hydrogen-bond acceptors (Lipinski definition) is 4. The molecule has 5 rings (SSSR count). The average molecular weight is 508 g/mol. The fourth-order valence-electron chi connectivity index (χ4n) is 5.86. The van der Waals surface area contributed by atoms with Gasteiger partial charge in [-0.1, -0.05) is 42.5 Å². The summed E-state index contributed by atoms with van der Waals surface area (Å²) in [5.41, 5.74) is 2.94. The van der Waals surface area contributed by atoms with Crippen molar-refractivity contribution in [2.24, 2.45) is 0 Å². The highest BCUT2D eigenvalue weighted by molar-refractivity contribution is 5.65. The van der Waals surface area contributed by atoms with Gasteiger partial charge >= 0.3 is 6.09 Å². The lowest BCUT2D eigenvalue weighted by Crippen LogP contribution is -2.67. The Morgan fingerprint density at radius 1 is 0.919 bits per heavy atom. The SMILES string of the molecule is COc1ccccc1CN1CC(C(c2ccc(F)cc2)c2ccc(F)cc2)N2CCN(C(=O)O)C[C@H]2C1. The minimum Gasteiger partial charge on any atom is -0.496 e. The van der Waals surface area contributed by atoms with E-state index in [2.05, 4.69) is 9.80 Å². The van der Waals surface area contributed by atoms with Gasteiger partial charge in [0.2, 0.25) is 0 Å². The molecule has 1 amide bonds. The van der Waals surface area contributed by atoms with Crippen LogP contribution in [0, 0.1) is 11.6 Å². The second kappa shape index (κ2) is 10.9. The number of halogens is 2. The maximum Gasteiger partial charge on any atom is 0.407 e. The molecule has 2 atom stereocenters. The summed E-state index contributed by atoms with van der Waals surface area (Å²) in [6.07, 6.45) is -0.910. The number of fused-ring (bicyclic) bond motifs is 1. The molecule has 0 aliphatic carbocycles. The zero-order chi connectivity index (χ0) is 25.9. The molecule has 8 heteroatoms. The largest absolute Gasteiger partial charge is 0.496 e. The van der Waals surface area contributed by atoms with E-state index in [0.29, 0.717) is 39.3 Å². The molecule has 2 aliphatic rings. The Hall–Kier alpha value is -3.49. The molecule has 0 radical (unpaired) electrons. The first-order chi connectivity index (χ1) is 17.9. The van der Waals surface area contributed by atoms with Gasteiger partial charge in [0, 0.05) is 62.8 Å². The molecule has 3 aromatic carbocycles. The van der Waals surface area contributed by atoms with E-state index in [4.69, 9.17) is 4.74 Å². The van der Waals surface area contributed by atoms with Crippen LogP contribution >= 0.6 is 0 Å². The third kappa shape index (κ3) is 5.45. The smallest absolute Gasteiger partial charge is 0.407 e. The Labute approximate surface area is 215 Å². The monoisotopic (exact) mass is 507 g/mol. The van der Waals surface area contributed by atoms with E-state index in [1.165, 1.54) is 29.2 Å². The maximum atomic E-state index is 13.9. The molecule has 0 aromatic heterocycles. The molecule has 194 valence electrons. The number of ether oxygens (including phenoxy) is 1. The second-order valence-electron chi connectivity index (χ2n) is 9.77. The molecule has 1 N–H and O–H groups in total. The maximum absolute atomic E-state index is 13.9. The summed E-state index contributed by atoms with van der Waals surface area (Å²) in [6.45, 7) is 3.50. The molecule has 6 nitrogen and oxygen atoms in total. The third-order valence-corrected chi connectivity index (χ3v) is 7.57. The van der Waals surface area contributed by atoms with Crippen LogP contribution in [-0.4, -0.2) is 77.8 Å². The minimum atomic E-state index is -0.910. The molecule has 37 heavy (non-hydrogen) atoms. The van der Waals surface area contributed by atoms with Crippen LogP contribution in [0.25, 0.3) is 0 Å². The molecular formula is C29H31F2N3O3. The molecule has 2 saturated heterocycles. The zero-order valence-electron chi connectivity index (χ0n) is 20.8. The van der Waals surface area contributed by atoms with Gasteiger partial charge < -0.3 is 14.7 Å². The van der Waals surface area contributed by atoms with Gasteiger partial charge in [-0.2, -0.15) is 0 Å². The van der Waals surface area contributed by atoms with Gasteiger partial charge in [0.25, 0.3) is 0 Å². The first-order valence-electron chi connectivity index (χ1n) is 12.5. The summed E-state index contributed by atoms with van der Waals surface area (Å²) < 4.78 is 33.3. The van der Waals surface area contributed by atoms with Crippen molar-refractivity contribution in [1.82, 2.24) is 14.7 Å². The van der Waals surface area contributed by atoms with E-state index in [9.17, 15) is 18.7 Å². The normalized spacial score (nSPS) is 20.6. The number of methoxy groups -OCH3 is 1. The van der Waals surface area contributed by atoms with Gasteiger partial charge in [0.1, 0.15) is 17.4 Å². The average Bonchev–Trinajstić information content (AvgIpc) is 2.91. The highest BCUT2D eigenvalue weighted by Gasteiger charge is 2.43. The van der Waals surface area contributed by atoms with Gasteiger partial charge in [0.15, 0.2) is 0 Å². The van der Waals surface area contributed by atoms with Crippen LogP contribution in [0.3, 0.4) is 0 Å². The van der Waals surface area contributed by atoms with Crippen molar-refractivity contribution in [3.8, 4) is 5.75 Å². The Bertz CT molecular complexity index is 1180. The van der Waals surface area contributed by atoms with Gasteiger partial charge in [0.05, 0.1) is 7.11 Å². The van der Waals surface area contributed by atoms with Crippen LogP contribution in [0.1, 0.15) is 22.6 Å². The lowest BCUT2D eigenvalue weighted by Gasteiger charge is -2.53. The van der Waals surface area contributed by atoms with E-state index < -0.39 is 6.09 Å². The molecule has 1 unspecified atom stereocenters. The van der Waals surface area contributed by atoms with Crippen molar-refractivity contribution in [1.29, 1.82) is 0 Å². The quantitative estimate of drug-likeness (QED) is 0.526. The molecule has 0 bridgehead atoms. The lowest BCUT2D eigenvalue weighted by atomic mass is 9.81. The van der Waals surface area contributed by atoms with Gasteiger partial charge in [-0.15, -0.1) is 0 Å². The standard InChI is InChI=1S/C29H31F2N3O3/c1-37-27-5-3-2-4-22(27)16-32-17-25-18-33(29(35)36)14-15-34(25)26(19-32)28(20-6-10-23(30)11-7-20)21-8-12-24(31)13-9-21/h2-13,25-26,28H,14-19H2,1H3,(H,35,36)/t25-,26?/m1/s1. The molecule has 0 spiro atoms. The summed E-state index contributed by atoms with van der Waals surface area (Å²) in [6, 6.07) is 20.9. The first-order valence-corrected chi connectivity index (χ1v) is 12.5. The topological polar surface area (TPSA) is 56.2 Å². The molecule has 2 aliphatic heterocycles. The predicted molar refractivity (Wildman–Crippen MR) is 137 cm³/mol. The van der Waals surface area contributed by atoms with E-state index >= 15 is 0 Å². The summed E-state index contributed by atoms with van der Waals surface area (Å²) in [7, 11) is 1.66. The summed E-state index contributed by atoms with van der Waals surface area (Å²) >= 11 is 0. The van der Waals surface area contributed by atoms with Crippen molar-refractivity contribution in [2.75, 3.05) is 39.8 Å². The first kappa shape index (κ1) is 25.2. The Balaban J connectivity index is 1.54. The van der Waals surface area contributed by atoms with Crippen molar-refractivity contribution in [2.45, 2.75) is 24.5 Å². The summed E-state index contributed by atoms with van der Waals surface area (Å²) in [4.78, 5) is 18.0. The van der Waals surface area contributed by atoms with Crippen LogP contribution < -0.4 is 4.74 Å². The number of hydrogen-bond donors (Lipinski definition) is 1. The van der Waals surface area contributed by atoms with Crippen LogP contribution in [-0.2, 0) is 6.54 Å². The Morgan fingerprint density at radius 3 is 2.14 bits per heavy atom. The van der Waals surface area contributed by atoms with Crippen LogP contribution in [0.5, 0.6) is 5.75 Å². The molecular weight excluding hydrogens is 476 g/mol. The lowest BCUT2D eigenvalue weighted by molar-refractivity contribution is -0.0294. The minimum absolute atomic E-state index is 0.0123. The van der Waals surface area contributed by atoms with Crippen molar-refractivity contribution >= 4 is 6.09 Å². The zero-order valence-corrected chi connectivity index (χ0v) is 20.8. The van der Waals surface area contributed by atoms with Crippen LogP contribution in [0.4, 0.5) is 13.6 Å². The van der Waals surface area contributed by atoms with E-state index in [1.54, 1.807) is 31.4 Å². The summed E-state index contributed by atoms with van der Waals surface area (Å²) in [5.74, 6) is 0.0402. The van der Waals surface area contributed by atoms with Crippen molar-refractivity contribution < 1.29 is 23.4 Å². The fraction of sp³-hybridized carbons (Fsp3) is 0.345. The van der Waals surface area contributed by atoms with E-state index in [1.807, 2.05) is 24.3 Å². The molecule has 2 heterocycles. The van der Waals surface area contributed by atoms with Crippen molar-refractivity contribution in [3.05, 3.63) is 101 Å². The molecule has 0 saturated carbocycles. The number of piperazine rings is 2. The highest BCUT2D eigenvalue weighted by atomic mass is 19.1. The predicted octanol–water partition coefficient (Wildman–Crippen LogP) is 4.65. The van der Waals surface area contributed by atoms with Gasteiger partial charge in [-0.25, -0.2) is 13.6 Å². The Morgan fingerprint density at radius 2 is 1.54 bits per heavy atom. The molecule has 2 fully saturated rings.